The van der Waals surface area contributed by atoms with Crippen LogP contribution in [0.25, 0.3) is 0 Å². The molecule has 0 aliphatic carbocycles. The van der Waals surface area contributed by atoms with Gasteiger partial charge in [0.1, 0.15) is 6.26 Å². The normalized spacial score (nSPS) is 9.55. The minimum absolute atomic E-state index is 0.0706. The van der Waals surface area contributed by atoms with Crippen LogP contribution in [0.15, 0.2) is 10.7 Å². The fraction of sp³-hybridized carbons (Fsp3) is 0.333. The molecule has 1 heterocycles. The van der Waals surface area contributed by atoms with Gasteiger partial charge in [0.25, 0.3) is 5.91 Å². The summed E-state index contributed by atoms with van der Waals surface area (Å²) in [6.45, 7) is 2.23. The van der Waals surface area contributed by atoms with Gasteiger partial charge in [-0.2, -0.15) is 4.98 Å². The highest BCUT2D eigenvalue weighted by Crippen LogP contribution is 2.08. The summed E-state index contributed by atoms with van der Waals surface area (Å²) in [6, 6.07) is 0. The number of hydrogen-bond acceptors (Lipinski definition) is 4. The summed E-state index contributed by atoms with van der Waals surface area (Å²) in [6.07, 6.45) is 1.23. The van der Waals surface area contributed by atoms with Gasteiger partial charge in [-0.3, -0.25) is 4.79 Å². The van der Waals surface area contributed by atoms with Crippen LogP contribution in [0.4, 0.5) is 0 Å². The van der Waals surface area contributed by atoms with Crippen LogP contribution >= 0.6 is 0 Å². The summed E-state index contributed by atoms with van der Waals surface area (Å²) in [5.41, 5.74) is 4.98. The van der Waals surface area contributed by atoms with E-state index in [0.29, 0.717) is 6.61 Å². The SMILES string of the molecule is CCOc1nc(C(N)=O)co1. The van der Waals surface area contributed by atoms with Crippen LogP contribution in [0.2, 0.25) is 0 Å². The molecule has 0 aromatic carbocycles. The van der Waals surface area contributed by atoms with Gasteiger partial charge in [0.15, 0.2) is 5.69 Å². The van der Waals surface area contributed by atoms with Crippen LogP contribution in [0.1, 0.15) is 17.4 Å². The molecule has 1 aromatic rings. The van der Waals surface area contributed by atoms with E-state index in [1.54, 1.807) is 6.92 Å². The number of nitrogens with two attached hydrogens (primary N) is 1. The Balaban J connectivity index is 2.73. The molecule has 0 saturated heterocycles. The zero-order valence-corrected chi connectivity index (χ0v) is 6.03. The maximum atomic E-state index is 10.5. The lowest BCUT2D eigenvalue weighted by molar-refractivity contribution is 0.0995. The monoisotopic (exact) mass is 156 g/mol. The number of carbonyl (C=O) groups excluding carboxylic acids is 1. The third kappa shape index (κ3) is 1.70. The van der Waals surface area contributed by atoms with Crippen molar-refractivity contribution >= 4 is 5.91 Å². The summed E-state index contributed by atoms with van der Waals surface area (Å²) in [7, 11) is 0. The third-order valence-corrected chi connectivity index (χ3v) is 1.00. The maximum Gasteiger partial charge on any atom is 0.394 e. The van der Waals surface area contributed by atoms with E-state index in [4.69, 9.17) is 14.9 Å². The smallest absolute Gasteiger partial charge is 0.394 e. The molecule has 0 aliphatic rings. The van der Waals surface area contributed by atoms with E-state index >= 15 is 0 Å². The van der Waals surface area contributed by atoms with Crippen molar-refractivity contribution in [1.82, 2.24) is 4.98 Å². The van der Waals surface area contributed by atoms with Crippen molar-refractivity contribution < 1.29 is 13.9 Å². The van der Waals surface area contributed by atoms with Crippen molar-refractivity contribution in [2.75, 3.05) is 6.61 Å². The van der Waals surface area contributed by atoms with Gasteiger partial charge in [-0.15, -0.1) is 0 Å². The molecule has 0 spiro atoms. The number of hydrogen-bond donors (Lipinski definition) is 1. The van der Waals surface area contributed by atoms with Crippen LogP contribution in [-0.4, -0.2) is 17.5 Å². The molecule has 0 aliphatic heterocycles. The molecule has 1 aromatic heterocycles. The fourth-order valence-corrected chi connectivity index (χ4v) is 0.560. The van der Waals surface area contributed by atoms with Crippen LogP contribution in [-0.2, 0) is 0 Å². The summed E-state index contributed by atoms with van der Waals surface area (Å²) in [4.78, 5) is 14.1. The zero-order valence-electron chi connectivity index (χ0n) is 6.03. The van der Waals surface area contributed by atoms with E-state index in [0.717, 1.165) is 6.26 Å². The van der Waals surface area contributed by atoms with Crippen LogP contribution in [0.5, 0.6) is 6.08 Å². The number of primary amides is 1. The van der Waals surface area contributed by atoms with Crippen molar-refractivity contribution in [1.29, 1.82) is 0 Å². The third-order valence-electron chi connectivity index (χ3n) is 1.00. The molecule has 5 heteroatoms. The van der Waals surface area contributed by atoms with E-state index in [1.165, 1.54) is 0 Å². The average molecular weight is 156 g/mol. The van der Waals surface area contributed by atoms with Crippen molar-refractivity contribution in [2.24, 2.45) is 5.73 Å². The lowest BCUT2D eigenvalue weighted by Gasteiger charge is -1.91. The van der Waals surface area contributed by atoms with Gasteiger partial charge < -0.3 is 14.9 Å². The molecule has 2 N–H and O–H groups in total. The lowest BCUT2D eigenvalue weighted by Crippen LogP contribution is -2.11. The summed E-state index contributed by atoms with van der Waals surface area (Å²) in [5, 5.41) is 0. The first-order valence-electron chi connectivity index (χ1n) is 3.12. The van der Waals surface area contributed by atoms with Crippen molar-refractivity contribution in [3.8, 4) is 6.08 Å². The Morgan fingerprint density at radius 1 is 1.91 bits per heavy atom. The molecule has 60 valence electrons. The largest absolute Gasteiger partial charge is 0.450 e. The molecule has 5 nitrogen and oxygen atoms in total. The number of oxazole rings is 1. The molecule has 0 radical (unpaired) electrons. The van der Waals surface area contributed by atoms with Gasteiger partial charge in [-0.25, -0.2) is 0 Å². The minimum atomic E-state index is -0.625. The molecule has 11 heavy (non-hydrogen) atoms. The molecule has 1 rings (SSSR count). The Bertz CT molecular complexity index is 256. The van der Waals surface area contributed by atoms with Gasteiger partial charge >= 0.3 is 6.08 Å². The number of aromatic nitrogens is 1. The number of carbonyl (C=O) groups is 1. The summed E-state index contributed by atoms with van der Waals surface area (Å²) >= 11 is 0. The number of rotatable bonds is 3. The van der Waals surface area contributed by atoms with E-state index < -0.39 is 5.91 Å². The maximum absolute atomic E-state index is 10.5. The van der Waals surface area contributed by atoms with Crippen molar-refractivity contribution in [3.63, 3.8) is 0 Å². The highest BCUT2D eigenvalue weighted by molar-refractivity contribution is 5.90. The van der Waals surface area contributed by atoms with E-state index in [1.807, 2.05) is 0 Å². The minimum Gasteiger partial charge on any atom is -0.450 e. The Kier molecular flexibility index (Phi) is 2.10. The van der Waals surface area contributed by atoms with E-state index in [2.05, 4.69) is 4.98 Å². The van der Waals surface area contributed by atoms with Gasteiger partial charge in [0, 0.05) is 0 Å². The Morgan fingerprint density at radius 2 is 2.64 bits per heavy atom. The Labute approximate surface area is 63.2 Å². The summed E-state index contributed by atoms with van der Waals surface area (Å²) < 4.78 is 9.58. The van der Waals surface area contributed by atoms with Gasteiger partial charge in [0.05, 0.1) is 6.61 Å². The Morgan fingerprint density at radius 3 is 3.09 bits per heavy atom. The first-order valence-corrected chi connectivity index (χ1v) is 3.12. The predicted octanol–water partition coefficient (Wildman–Crippen LogP) is 0.172. The molecule has 1 amide bonds. The molecular weight excluding hydrogens is 148 g/mol. The second-order valence-electron chi connectivity index (χ2n) is 1.80. The zero-order chi connectivity index (χ0) is 8.27. The molecule has 0 atom stereocenters. The number of nitrogens with zero attached hydrogens (tertiary/aromatic N) is 1. The topological polar surface area (TPSA) is 78.4 Å². The van der Waals surface area contributed by atoms with Crippen molar-refractivity contribution in [2.45, 2.75) is 6.92 Å². The van der Waals surface area contributed by atoms with Gasteiger partial charge in [-0.05, 0) is 6.92 Å². The average Bonchev–Trinajstić information content (AvgIpc) is 2.37. The molecule has 0 bridgehead atoms. The second kappa shape index (κ2) is 3.05. The highest BCUT2D eigenvalue weighted by Gasteiger charge is 2.07. The Hall–Kier alpha value is -1.52. The van der Waals surface area contributed by atoms with Crippen LogP contribution in [0, 0.1) is 0 Å². The lowest BCUT2D eigenvalue weighted by atomic mass is 10.5. The molecule has 0 unspecified atom stereocenters. The first kappa shape index (κ1) is 7.59. The number of amides is 1. The van der Waals surface area contributed by atoms with Gasteiger partial charge in [0.2, 0.25) is 0 Å². The quantitative estimate of drug-likeness (QED) is 0.676. The first-order chi connectivity index (χ1) is 5.24. The molecule has 0 saturated carbocycles. The van der Waals surface area contributed by atoms with Crippen molar-refractivity contribution in [3.05, 3.63) is 12.0 Å². The fourth-order valence-electron chi connectivity index (χ4n) is 0.560. The van der Waals surface area contributed by atoms with E-state index in [-0.39, 0.29) is 11.8 Å². The second-order valence-corrected chi connectivity index (χ2v) is 1.80. The van der Waals surface area contributed by atoms with Gasteiger partial charge in [-0.1, -0.05) is 0 Å². The van der Waals surface area contributed by atoms with E-state index in [9.17, 15) is 4.79 Å². The highest BCUT2D eigenvalue weighted by atomic mass is 16.6. The number of ether oxygens (including phenoxy) is 1. The predicted molar refractivity (Wildman–Crippen MR) is 36.2 cm³/mol. The molecular formula is C6H8N2O3. The summed E-state index contributed by atoms with van der Waals surface area (Å²) in [5.74, 6) is -0.625. The van der Waals surface area contributed by atoms with Crippen LogP contribution < -0.4 is 10.5 Å². The van der Waals surface area contributed by atoms with Crippen LogP contribution in [0.3, 0.4) is 0 Å². The standard InChI is InChI=1S/C6H8N2O3/c1-2-10-6-8-4(3-11-6)5(7)9/h3H,2H2,1H3,(H2,7,9). The molecule has 0 fully saturated rings.